The van der Waals surface area contributed by atoms with Gasteiger partial charge >= 0.3 is 0 Å². The van der Waals surface area contributed by atoms with Crippen molar-refractivity contribution in [1.29, 1.82) is 0 Å². The Hall–Kier alpha value is -3.62. The van der Waals surface area contributed by atoms with E-state index in [0.29, 0.717) is 11.4 Å². The van der Waals surface area contributed by atoms with Crippen molar-refractivity contribution in [3.05, 3.63) is 103 Å². The number of anilines is 1. The number of sulfone groups is 1. The summed E-state index contributed by atoms with van der Waals surface area (Å²) < 4.78 is 58.7. The zero-order chi connectivity index (χ0) is 24.3. The maximum atomic E-state index is 12.9. The fourth-order valence-corrected chi connectivity index (χ4v) is 5.70. The van der Waals surface area contributed by atoms with E-state index >= 15 is 0 Å². The minimum absolute atomic E-state index is 0.116. The lowest BCUT2D eigenvalue weighted by molar-refractivity contribution is 0.415. The molecule has 0 aromatic heterocycles. The minimum atomic E-state index is -3.76. The summed E-state index contributed by atoms with van der Waals surface area (Å²) in [6.07, 6.45) is 0. The SMILES string of the molecule is COc1ccc(NS(=O)(=O)c2ccc(-c3ccc(S(=O)(=O)c4ccc(C)cc4)cc3)cc2)cc1. The van der Waals surface area contributed by atoms with Crippen LogP contribution < -0.4 is 9.46 Å². The highest BCUT2D eigenvalue weighted by Crippen LogP contribution is 2.27. The number of hydrogen-bond acceptors (Lipinski definition) is 5. The van der Waals surface area contributed by atoms with Gasteiger partial charge in [0.25, 0.3) is 10.0 Å². The summed E-state index contributed by atoms with van der Waals surface area (Å²) in [6.45, 7) is 1.90. The van der Waals surface area contributed by atoms with Gasteiger partial charge in [-0.1, -0.05) is 42.0 Å². The van der Waals surface area contributed by atoms with Gasteiger partial charge in [-0.3, -0.25) is 4.72 Å². The molecule has 1 N–H and O–H groups in total. The van der Waals surface area contributed by atoms with Gasteiger partial charge in [-0.15, -0.1) is 0 Å². The maximum Gasteiger partial charge on any atom is 0.261 e. The molecule has 0 radical (unpaired) electrons. The van der Waals surface area contributed by atoms with Crippen molar-refractivity contribution in [2.24, 2.45) is 0 Å². The number of sulfonamides is 1. The van der Waals surface area contributed by atoms with Gasteiger partial charge in [0, 0.05) is 5.69 Å². The van der Waals surface area contributed by atoms with Gasteiger partial charge in [0.05, 0.1) is 21.8 Å². The fourth-order valence-electron chi connectivity index (χ4n) is 3.38. The van der Waals surface area contributed by atoms with Crippen molar-refractivity contribution in [1.82, 2.24) is 0 Å². The molecule has 4 rings (SSSR count). The number of ether oxygens (including phenoxy) is 1. The van der Waals surface area contributed by atoms with Crippen LogP contribution in [0.15, 0.2) is 112 Å². The Balaban J connectivity index is 1.52. The molecular formula is C26H23NO5S2. The molecule has 0 spiro atoms. The smallest absolute Gasteiger partial charge is 0.261 e. The lowest BCUT2D eigenvalue weighted by Crippen LogP contribution is -2.12. The van der Waals surface area contributed by atoms with E-state index in [9.17, 15) is 16.8 Å². The molecule has 0 saturated carbocycles. The van der Waals surface area contributed by atoms with Crippen molar-refractivity contribution in [3.8, 4) is 16.9 Å². The van der Waals surface area contributed by atoms with E-state index < -0.39 is 19.9 Å². The van der Waals surface area contributed by atoms with Crippen molar-refractivity contribution < 1.29 is 21.6 Å². The summed E-state index contributed by atoms with van der Waals surface area (Å²) in [5, 5.41) is 0. The van der Waals surface area contributed by atoms with Crippen molar-refractivity contribution >= 4 is 25.5 Å². The molecule has 0 saturated heterocycles. The molecule has 0 aliphatic heterocycles. The predicted octanol–water partition coefficient (Wildman–Crippen LogP) is 5.30. The summed E-state index contributed by atoms with van der Waals surface area (Å²) in [4.78, 5) is 0.554. The van der Waals surface area contributed by atoms with Crippen LogP contribution in [0.3, 0.4) is 0 Å². The van der Waals surface area contributed by atoms with Crippen molar-refractivity contribution in [2.75, 3.05) is 11.8 Å². The van der Waals surface area contributed by atoms with Gasteiger partial charge in [0.15, 0.2) is 0 Å². The number of aryl methyl sites for hydroxylation is 1. The molecule has 0 atom stereocenters. The summed E-state index contributed by atoms with van der Waals surface area (Å²) in [5.74, 6) is 0.630. The van der Waals surface area contributed by atoms with Gasteiger partial charge in [-0.2, -0.15) is 0 Å². The number of methoxy groups -OCH3 is 1. The highest BCUT2D eigenvalue weighted by atomic mass is 32.2. The molecule has 0 fully saturated rings. The summed E-state index contributed by atoms with van der Waals surface area (Å²) >= 11 is 0. The van der Waals surface area contributed by atoms with Crippen LogP contribution in [0, 0.1) is 6.92 Å². The summed E-state index contributed by atoms with van der Waals surface area (Å²) in [7, 11) is -5.83. The Morgan fingerprint density at radius 2 is 1.03 bits per heavy atom. The zero-order valence-electron chi connectivity index (χ0n) is 18.6. The van der Waals surface area contributed by atoms with E-state index in [2.05, 4.69) is 4.72 Å². The van der Waals surface area contributed by atoms with Crippen LogP contribution in [-0.2, 0) is 19.9 Å². The van der Waals surface area contributed by atoms with E-state index in [1.54, 1.807) is 84.9 Å². The molecule has 34 heavy (non-hydrogen) atoms. The number of hydrogen-bond donors (Lipinski definition) is 1. The van der Waals surface area contributed by atoms with Crippen LogP contribution in [0.1, 0.15) is 5.56 Å². The zero-order valence-corrected chi connectivity index (χ0v) is 20.2. The summed E-state index contributed by atoms with van der Waals surface area (Å²) in [5.41, 5.74) is 2.95. The quantitative estimate of drug-likeness (QED) is 0.377. The number of rotatable bonds is 7. The first-order valence-corrected chi connectivity index (χ1v) is 13.3. The van der Waals surface area contributed by atoms with Crippen molar-refractivity contribution in [2.45, 2.75) is 21.6 Å². The number of nitrogens with one attached hydrogen (secondary N) is 1. The lowest BCUT2D eigenvalue weighted by Gasteiger charge is -2.10. The minimum Gasteiger partial charge on any atom is -0.497 e. The van der Waals surface area contributed by atoms with E-state index in [4.69, 9.17) is 4.74 Å². The Labute approximate surface area is 199 Å². The van der Waals surface area contributed by atoms with E-state index in [1.807, 2.05) is 6.92 Å². The van der Waals surface area contributed by atoms with Gasteiger partial charge in [0.1, 0.15) is 5.75 Å². The fraction of sp³-hybridized carbons (Fsp3) is 0.0769. The third kappa shape index (κ3) is 4.98. The lowest BCUT2D eigenvalue weighted by atomic mass is 10.1. The van der Waals surface area contributed by atoms with Gasteiger partial charge in [0.2, 0.25) is 9.84 Å². The van der Waals surface area contributed by atoms with Gasteiger partial charge in [-0.05, 0) is 78.7 Å². The Bertz CT molecular complexity index is 1490. The average Bonchev–Trinajstić information content (AvgIpc) is 2.85. The predicted molar refractivity (Wildman–Crippen MR) is 132 cm³/mol. The second-order valence-corrected chi connectivity index (χ2v) is 11.3. The molecule has 8 heteroatoms. The molecule has 0 heterocycles. The highest BCUT2D eigenvalue weighted by molar-refractivity contribution is 7.92. The summed E-state index contributed by atoms with van der Waals surface area (Å²) in [6, 6.07) is 26.2. The first kappa shape index (κ1) is 23.5. The Morgan fingerprint density at radius 1 is 0.588 bits per heavy atom. The van der Waals surface area contributed by atoms with Crippen LogP contribution in [0.4, 0.5) is 5.69 Å². The van der Waals surface area contributed by atoms with Crippen LogP contribution >= 0.6 is 0 Å². The molecule has 0 aliphatic rings. The first-order chi connectivity index (χ1) is 16.2. The second kappa shape index (κ2) is 9.32. The third-order valence-electron chi connectivity index (χ3n) is 5.34. The first-order valence-electron chi connectivity index (χ1n) is 10.4. The largest absolute Gasteiger partial charge is 0.497 e. The van der Waals surface area contributed by atoms with Crippen LogP contribution in [0.25, 0.3) is 11.1 Å². The van der Waals surface area contributed by atoms with E-state index in [0.717, 1.165) is 16.7 Å². The molecule has 6 nitrogen and oxygen atoms in total. The maximum absolute atomic E-state index is 12.9. The van der Waals surface area contributed by atoms with Crippen LogP contribution in [-0.4, -0.2) is 23.9 Å². The molecule has 174 valence electrons. The van der Waals surface area contributed by atoms with Crippen LogP contribution in [0.2, 0.25) is 0 Å². The second-order valence-electron chi connectivity index (χ2n) is 7.70. The van der Waals surface area contributed by atoms with E-state index in [-0.39, 0.29) is 14.7 Å². The van der Waals surface area contributed by atoms with E-state index in [1.165, 1.54) is 19.2 Å². The topological polar surface area (TPSA) is 89.5 Å². The van der Waals surface area contributed by atoms with Gasteiger partial charge < -0.3 is 4.74 Å². The monoisotopic (exact) mass is 493 g/mol. The van der Waals surface area contributed by atoms with Crippen LogP contribution in [0.5, 0.6) is 5.75 Å². The molecule has 0 bridgehead atoms. The van der Waals surface area contributed by atoms with Gasteiger partial charge in [-0.25, -0.2) is 16.8 Å². The standard InChI is InChI=1S/C26H23NO5S2/c1-19-3-13-24(14-4-19)33(28,29)25-15-5-20(6-16-25)21-7-17-26(18-8-21)34(30,31)27-22-9-11-23(32-2)12-10-22/h3-18,27H,1-2H3. The highest BCUT2D eigenvalue weighted by Gasteiger charge is 2.18. The molecule has 4 aromatic rings. The Morgan fingerprint density at radius 3 is 1.50 bits per heavy atom. The van der Waals surface area contributed by atoms with Crippen molar-refractivity contribution in [3.63, 3.8) is 0 Å². The molecule has 0 amide bonds. The molecule has 0 unspecified atom stereocenters. The average molecular weight is 494 g/mol. The third-order valence-corrected chi connectivity index (χ3v) is 8.52. The normalized spacial score (nSPS) is 11.7. The molecule has 0 aliphatic carbocycles. The Kier molecular flexibility index (Phi) is 6.45. The molecular weight excluding hydrogens is 470 g/mol. The molecule has 4 aromatic carbocycles. The number of benzene rings is 4.